The molecule has 0 N–H and O–H groups in total. The number of carbonyl (C=O) groups is 2. The number of nitrogens with zero attached hydrogens (tertiary/aromatic N) is 3. The summed E-state index contributed by atoms with van der Waals surface area (Å²) in [5, 5.41) is 0. The van der Waals surface area contributed by atoms with Crippen LogP contribution < -0.4 is 0 Å². The second-order valence-corrected chi connectivity index (χ2v) is 10.1. The van der Waals surface area contributed by atoms with Gasteiger partial charge in [-0.05, 0) is 54.7 Å². The summed E-state index contributed by atoms with van der Waals surface area (Å²) >= 11 is 0. The van der Waals surface area contributed by atoms with Crippen LogP contribution >= 0.6 is 0 Å². The molecule has 0 atom stereocenters. The number of unbranched alkanes of at least 4 members (excludes halogenated alkanes) is 1. The summed E-state index contributed by atoms with van der Waals surface area (Å²) in [7, 11) is 0. The summed E-state index contributed by atoms with van der Waals surface area (Å²) < 4.78 is 11.0. The van der Waals surface area contributed by atoms with Gasteiger partial charge in [-0.25, -0.2) is 0 Å². The van der Waals surface area contributed by atoms with Crippen molar-refractivity contribution in [1.82, 2.24) is 14.7 Å². The quantitative estimate of drug-likeness (QED) is 0.292. The number of furan rings is 1. The summed E-state index contributed by atoms with van der Waals surface area (Å²) in [5.74, 6) is 0.506. The Labute approximate surface area is 232 Å². The van der Waals surface area contributed by atoms with E-state index in [0.29, 0.717) is 31.0 Å². The molecule has 1 saturated heterocycles. The summed E-state index contributed by atoms with van der Waals surface area (Å²) in [4.78, 5) is 33.2. The maximum atomic E-state index is 13.7. The summed E-state index contributed by atoms with van der Waals surface area (Å²) in [5.41, 5.74) is 2.89. The molecule has 0 spiro atoms. The molecule has 0 unspecified atom stereocenters. The second-order valence-electron chi connectivity index (χ2n) is 10.1. The fourth-order valence-corrected chi connectivity index (χ4v) is 4.83. The topological polar surface area (TPSA) is 66.2 Å². The number of hydrogen-bond donors (Lipinski definition) is 0. The third kappa shape index (κ3) is 9.08. The van der Waals surface area contributed by atoms with E-state index >= 15 is 0 Å². The third-order valence-corrected chi connectivity index (χ3v) is 7.14. The number of hydrogen-bond acceptors (Lipinski definition) is 5. The van der Waals surface area contributed by atoms with Crippen molar-refractivity contribution >= 4 is 11.8 Å². The Kier molecular flexibility index (Phi) is 11.2. The van der Waals surface area contributed by atoms with E-state index in [0.717, 1.165) is 64.1 Å². The largest absolute Gasteiger partial charge is 0.467 e. The van der Waals surface area contributed by atoms with E-state index in [9.17, 15) is 9.59 Å². The molecule has 1 aromatic heterocycles. The number of benzene rings is 2. The lowest BCUT2D eigenvalue weighted by atomic mass is 10.1. The molecule has 2 amide bonds. The predicted molar refractivity (Wildman–Crippen MR) is 152 cm³/mol. The van der Waals surface area contributed by atoms with Gasteiger partial charge in [0.2, 0.25) is 5.91 Å². The van der Waals surface area contributed by atoms with Crippen molar-refractivity contribution in [3.05, 3.63) is 95.4 Å². The van der Waals surface area contributed by atoms with Crippen LogP contribution in [-0.4, -0.2) is 72.5 Å². The lowest BCUT2D eigenvalue weighted by molar-refractivity contribution is -0.133. The SMILES string of the molecule is CCCCc1ccc(C(=O)N(CCCN2CCOCC2)CC(=O)N(Cc2ccccc2)Cc2ccco2)cc1. The van der Waals surface area contributed by atoms with Crippen LogP contribution in [-0.2, 0) is 29.0 Å². The Bertz CT molecular complexity index is 1130. The van der Waals surface area contributed by atoms with Gasteiger partial charge >= 0.3 is 0 Å². The molecule has 1 aliphatic heterocycles. The second kappa shape index (κ2) is 15.2. The van der Waals surface area contributed by atoms with Gasteiger partial charge in [-0.15, -0.1) is 0 Å². The summed E-state index contributed by atoms with van der Waals surface area (Å²) in [6.07, 6.45) is 5.68. The van der Waals surface area contributed by atoms with Crippen molar-refractivity contribution in [3.8, 4) is 0 Å². The van der Waals surface area contributed by atoms with E-state index in [4.69, 9.17) is 9.15 Å². The molecule has 2 heterocycles. The van der Waals surface area contributed by atoms with Crippen molar-refractivity contribution < 1.29 is 18.7 Å². The summed E-state index contributed by atoms with van der Waals surface area (Å²) in [6, 6.07) is 21.5. The van der Waals surface area contributed by atoms with Gasteiger partial charge in [-0.3, -0.25) is 14.5 Å². The molecule has 3 aromatic rings. The van der Waals surface area contributed by atoms with Gasteiger partial charge in [0.05, 0.1) is 26.0 Å². The van der Waals surface area contributed by atoms with Crippen molar-refractivity contribution in [2.75, 3.05) is 45.9 Å². The Morgan fingerprint density at radius 1 is 0.846 bits per heavy atom. The number of rotatable bonds is 14. The fraction of sp³-hybridized carbons (Fsp3) is 0.438. The first kappa shape index (κ1) is 28.6. The van der Waals surface area contributed by atoms with Gasteiger partial charge < -0.3 is 19.0 Å². The van der Waals surface area contributed by atoms with E-state index in [2.05, 4.69) is 11.8 Å². The Morgan fingerprint density at radius 3 is 2.31 bits per heavy atom. The number of amides is 2. The maximum absolute atomic E-state index is 13.7. The summed E-state index contributed by atoms with van der Waals surface area (Å²) in [6.45, 7) is 7.67. The van der Waals surface area contributed by atoms with Crippen LogP contribution in [0.5, 0.6) is 0 Å². The van der Waals surface area contributed by atoms with Crippen LogP contribution in [0.3, 0.4) is 0 Å². The first-order valence-corrected chi connectivity index (χ1v) is 14.1. The highest BCUT2D eigenvalue weighted by Crippen LogP contribution is 2.15. The first-order valence-electron chi connectivity index (χ1n) is 14.1. The molecule has 1 fully saturated rings. The molecule has 4 rings (SSSR count). The highest BCUT2D eigenvalue weighted by atomic mass is 16.5. The van der Waals surface area contributed by atoms with Crippen LogP contribution in [0.15, 0.2) is 77.4 Å². The molecule has 208 valence electrons. The standard InChI is InChI=1S/C32H41N3O4/c1-2-3-9-27-13-15-29(16-14-27)32(37)34(18-8-17-33-19-22-38-23-20-33)26-31(36)35(25-30-12-7-21-39-30)24-28-10-5-4-6-11-28/h4-7,10-16,21H,2-3,8-9,17-20,22-26H2,1H3. The molecular formula is C32H41N3O4. The monoisotopic (exact) mass is 531 g/mol. The van der Waals surface area contributed by atoms with Crippen molar-refractivity contribution in [2.45, 2.75) is 45.7 Å². The van der Waals surface area contributed by atoms with Gasteiger partial charge in [-0.2, -0.15) is 0 Å². The van der Waals surface area contributed by atoms with Crippen LogP contribution in [0.1, 0.15) is 53.4 Å². The fourth-order valence-electron chi connectivity index (χ4n) is 4.83. The molecule has 0 bridgehead atoms. The van der Waals surface area contributed by atoms with E-state index in [1.807, 2.05) is 66.7 Å². The average molecular weight is 532 g/mol. The zero-order valence-corrected chi connectivity index (χ0v) is 23.1. The Balaban J connectivity index is 1.47. The van der Waals surface area contributed by atoms with Gasteiger partial charge in [0, 0.05) is 38.3 Å². The van der Waals surface area contributed by atoms with Gasteiger partial charge in [0.25, 0.3) is 5.91 Å². The minimum Gasteiger partial charge on any atom is -0.467 e. The minimum atomic E-state index is -0.106. The first-order chi connectivity index (χ1) is 19.1. The highest BCUT2D eigenvalue weighted by Gasteiger charge is 2.24. The molecule has 39 heavy (non-hydrogen) atoms. The van der Waals surface area contributed by atoms with Gasteiger partial charge in [0.15, 0.2) is 0 Å². The van der Waals surface area contributed by atoms with Crippen LogP contribution in [0.25, 0.3) is 0 Å². The zero-order chi connectivity index (χ0) is 27.3. The van der Waals surface area contributed by atoms with E-state index < -0.39 is 0 Å². The minimum absolute atomic E-state index is 0.0209. The van der Waals surface area contributed by atoms with Crippen molar-refractivity contribution in [2.24, 2.45) is 0 Å². The molecule has 1 aliphatic rings. The van der Waals surface area contributed by atoms with E-state index in [-0.39, 0.29) is 18.4 Å². The van der Waals surface area contributed by atoms with Crippen LogP contribution in [0, 0.1) is 0 Å². The van der Waals surface area contributed by atoms with Crippen molar-refractivity contribution in [3.63, 3.8) is 0 Å². The molecule has 0 saturated carbocycles. The zero-order valence-electron chi connectivity index (χ0n) is 23.1. The maximum Gasteiger partial charge on any atom is 0.254 e. The molecule has 0 radical (unpaired) electrons. The third-order valence-electron chi connectivity index (χ3n) is 7.14. The Hall–Kier alpha value is -3.42. The van der Waals surface area contributed by atoms with Gasteiger partial charge in [0.1, 0.15) is 12.3 Å². The average Bonchev–Trinajstić information content (AvgIpc) is 3.49. The van der Waals surface area contributed by atoms with Gasteiger partial charge in [-0.1, -0.05) is 55.8 Å². The molecule has 0 aliphatic carbocycles. The highest BCUT2D eigenvalue weighted by molar-refractivity contribution is 5.96. The van der Waals surface area contributed by atoms with Crippen molar-refractivity contribution in [1.29, 1.82) is 0 Å². The lowest BCUT2D eigenvalue weighted by Crippen LogP contribution is -2.44. The van der Waals surface area contributed by atoms with Crippen LogP contribution in [0.4, 0.5) is 0 Å². The predicted octanol–water partition coefficient (Wildman–Crippen LogP) is 5.02. The van der Waals surface area contributed by atoms with E-state index in [1.165, 1.54) is 5.56 Å². The molecular weight excluding hydrogens is 490 g/mol. The molecule has 7 heteroatoms. The Morgan fingerprint density at radius 2 is 1.62 bits per heavy atom. The number of aryl methyl sites for hydroxylation is 1. The van der Waals surface area contributed by atoms with E-state index in [1.54, 1.807) is 16.1 Å². The number of carbonyl (C=O) groups excluding carboxylic acids is 2. The number of ether oxygens (including phenoxy) is 1. The smallest absolute Gasteiger partial charge is 0.254 e. The normalized spacial score (nSPS) is 13.8. The van der Waals surface area contributed by atoms with Crippen LogP contribution in [0.2, 0.25) is 0 Å². The molecule has 2 aromatic carbocycles. The lowest BCUT2D eigenvalue weighted by Gasteiger charge is -2.30. The number of morpholine rings is 1. The molecule has 7 nitrogen and oxygen atoms in total.